The lowest BCUT2D eigenvalue weighted by Gasteiger charge is -2.34. The molecule has 1 N–H and O–H groups in total. The Morgan fingerprint density at radius 1 is 1.35 bits per heavy atom. The number of carbonyl (C=O) groups excluding carboxylic acids is 1. The molecule has 1 aliphatic rings. The molecule has 110 valence electrons. The van der Waals surface area contributed by atoms with E-state index < -0.39 is 0 Å². The summed E-state index contributed by atoms with van der Waals surface area (Å²) in [6, 6.07) is 4.65. The summed E-state index contributed by atoms with van der Waals surface area (Å²) in [6.45, 7) is 2.89. The largest absolute Gasteiger partial charge is 0.371 e. The molecule has 5 heteroatoms. The molecule has 0 radical (unpaired) electrons. The van der Waals surface area contributed by atoms with Crippen molar-refractivity contribution in [1.29, 1.82) is 0 Å². The molecule has 20 heavy (non-hydrogen) atoms. The van der Waals surface area contributed by atoms with Crippen LogP contribution < -0.4 is 10.2 Å². The third kappa shape index (κ3) is 4.20. The molecule has 2 heterocycles. The maximum absolute atomic E-state index is 11.5. The van der Waals surface area contributed by atoms with E-state index in [2.05, 4.69) is 27.3 Å². The number of anilines is 1. The number of hydrogen-bond acceptors (Lipinski definition) is 4. The zero-order valence-corrected chi connectivity index (χ0v) is 12.4. The van der Waals surface area contributed by atoms with Crippen molar-refractivity contribution in [2.75, 3.05) is 38.6 Å². The van der Waals surface area contributed by atoms with E-state index in [4.69, 9.17) is 0 Å². The molecule has 2 rings (SSSR count). The number of nitrogens with zero attached hydrogens (tertiary/aromatic N) is 3. The van der Waals surface area contributed by atoms with Gasteiger partial charge in [-0.1, -0.05) is 0 Å². The van der Waals surface area contributed by atoms with Crippen molar-refractivity contribution in [2.24, 2.45) is 0 Å². The summed E-state index contributed by atoms with van der Waals surface area (Å²) >= 11 is 0. The SMILES string of the molecule is CN(C)C(=O)CCNC1CCN(c2ccncc2)CC1. The van der Waals surface area contributed by atoms with Gasteiger partial charge < -0.3 is 15.1 Å². The lowest BCUT2D eigenvalue weighted by atomic mass is 10.0. The van der Waals surface area contributed by atoms with Gasteiger partial charge in [-0.2, -0.15) is 0 Å². The monoisotopic (exact) mass is 276 g/mol. The second-order valence-corrected chi connectivity index (χ2v) is 5.46. The molecule has 0 aliphatic carbocycles. The van der Waals surface area contributed by atoms with E-state index in [-0.39, 0.29) is 5.91 Å². The summed E-state index contributed by atoms with van der Waals surface area (Å²) in [5.74, 6) is 0.187. The van der Waals surface area contributed by atoms with Crippen molar-refractivity contribution in [1.82, 2.24) is 15.2 Å². The van der Waals surface area contributed by atoms with Crippen LogP contribution in [0.25, 0.3) is 0 Å². The second kappa shape index (κ2) is 7.24. The molecular formula is C15H24N4O. The van der Waals surface area contributed by atoms with Crippen molar-refractivity contribution in [3.8, 4) is 0 Å². The summed E-state index contributed by atoms with van der Waals surface area (Å²) in [4.78, 5) is 19.6. The third-order valence-electron chi connectivity index (χ3n) is 3.79. The van der Waals surface area contributed by atoms with Gasteiger partial charge in [0.25, 0.3) is 0 Å². The van der Waals surface area contributed by atoms with Gasteiger partial charge >= 0.3 is 0 Å². The summed E-state index contributed by atoms with van der Waals surface area (Å²) < 4.78 is 0. The maximum atomic E-state index is 11.5. The zero-order chi connectivity index (χ0) is 14.4. The maximum Gasteiger partial charge on any atom is 0.223 e. The van der Waals surface area contributed by atoms with Crippen LogP contribution >= 0.6 is 0 Å². The molecule has 0 bridgehead atoms. The smallest absolute Gasteiger partial charge is 0.223 e. The van der Waals surface area contributed by atoms with E-state index in [1.165, 1.54) is 5.69 Å². The number of piperidine rings is 1. The summed E-state index contributed by atoms with van der Waals surface area (Å²) in [5.41, 5.74) is 1.25. The van der Waals surface area contributed by atoms with Crippen molar-refractivity contribution in [3.63, 3.8) is 0 Å². The number of amides is 1. The number of carbonyl (C=O) groups is 1. The fraction of sp³-hybridized carbons (Fsp3) is 0.600. The van der Waals surface area contributed by atoms with E-state index in [1.807, 2.05) is 12.4 Å². The van der Waals surface area contributed by atoms with Gasteiger partial charge in [-0.05, 0) is 25.0 Å². The van der Waals surface area contributed by atoms with Crippen LogP contribution in [-0.4, -0.2) is 55.6 Å². The molecule has 1 saturated heterocycles. The van der Waals surface area contributed by atoms with Gasteiger partial charge in [0.2, 0.25) is 5.91 Å². The van der Waals surface area contributed by atoms with Crippen LogP contribution in [0.2, 0.25) is 0 Å². The Morgan fingerprint density at radius 2 is 2.00 bits per heavy atom. The van der Waals surface area contributed by atoms with Gasteiger partial charge in [0, 0.05) is 64.3 Å². The van der Waals surface area contributed by atoms with Gasteiger partial charge in [-0.15, -0.1) is 0 Å². The minimum Gasteiger partial charge on any atom is -0.371 e. The normalized spacial score (nSPS) is 16.2. The Morgan fingerprint density at radius 3 is 2.60 bits per heavy atom. The number of aromatic nitrogens is 1. The molecular weight excluding hydrogens is 252 g/mol. The average Bonchev–Trinajstić information content (AvgIpc) is 2.48. The van der Waals surface area contributed by atoms with E-state index in [1.54, 1.807) is 19.0 Å². The lowest BCUT2D eigenvalue weighted by Crippen LogP contribution is -2.43. The number of nitrogens with one attached hydrogen (secondary N) is 1. The first-order valence-electron chi connectivity index (χ1n) is 7.25. The van der Waals surface area contributed by atoms with Crippen LogP contribution in [0.5, 0.6) is 0 Å². The Labute approximate surface area is 121 Å². The number of hydrogen-bond donors (Lipinski definition) is 1. The highest BCUT2D eigenvalue weighted by atomic mass is 16.2. The topological polar surface area (TPSA) is 48.5 Å². The minimum absolute atomic E-state index is 0.187. The van der Waals surface area contributed by atoms with Gasteiger partial charge in [0.05, 0.1) is 0 Å². The first-order chi connectivity index (χ1) is 9.66. The molecule has 5 nitrogen and oxygen atoms in total. The third-order valence-corrected chi connectivity index (χ3v) is 3.79. The highest BCUT2D eigenvalue weighted by molar-refractivity contribution is 5.75. The molecule has 0 atom stereocenters. The van der Waals surface area contributed by atoms with Crippen LogP contribution in [0.4, 0.5) is 5.69 Å². The highest BCUT2D eigenvalue weighted by Gasteiger charge is 2.19. The molecule has 1 amide bonds. The van der Waals surface area contributed by atoms with Crippen molar-refractivity contribution >= 4 is 11.6 Å². The van der Waals surface area contributed by atoms with Crippen molar-refractivity contribution < 1.29 is 4.79 Å². The molecule has 1 aliphatic heterocycles. The van der Waals surface area contributed by atoms with Gasteiger partial charge in [0.1, 0.15) is 0 Å². The second-order valence-electron chi connectivity index (χ2n) is 5.46. The van der Waals surface area contributed by atoms with E-state index in [9.17, 15) is 4.79 Å². The van der Waals surface area contributed by atoms with E-state index >= 15 is 0 Å². The molecule has 0 spiro atoms. The summed E-state index contributed by atoms with van der Waals surface area (Å²) in [5, 5.41) is 3.49. The molecule has 0 saturated carbocycles. The van der Waals surface area contributed by atoms with Gasteiger partial charge in [0.15, 0.2) is 0 Å². The molecule has 1 fully saturated rings. The van der Waals surface area contributed by atoms with Crippen LogP contribution in [-0.2, 0) is 4.79 Å². The quantitative estimate of drug-likeness (QED) is 0.875. The van der Waals surface area contributed by atoms with Crippen LogP contribution in [0.3, 0.4) is 0 Å². The molecule has 1 aromatic heterocycles. The number of rotatable bonds is 5. The standard InChI is InChI=1S/C15H24N4O/c1-18(2)15(20)5-10-17-13-6-11-19(12-7-13)14-3-8-16-9-4-14/h3-4,8-9,13,17H,5-7,10-12H2,1-2H3. The Kier molecular flexibility index (Phi) is 5.35. The minimum atomic E-state index is 0.187. The van der Waals surface area contributed by atoms with Crippen LogP contribution in [0, 0.1) is 0 Å². The zero-order valence-electron chi connectivity index (χ0n) is 12.4. The highest BCUT2D eigenvalue weighted by Crippen LogP contribution is 2.18. The lowest BCUT2D eigenvalue weighted by molar-refractivity contribution is -0.128. The first kappa shape index (κ1) is 14.8. The molecule has 0 aromatic carbocycles. The van der Waals surface area contributed by atoms with Crippen LogP contribution in [0.1, 0.15) is 19.3 Å². The Balaban J connectivity index is 1.68. The predicted molar refractivity (Wildman–Crippen MR) is 80.8 cm³/mol. The number of pyridine rings is 1. The Bertz CT molecular complexity index is 413. The molecule has 0 unspecified atom stereocenters. The van der Waals surface area contributed by atoms with Crippen molar-refractivity contribution in [3.05, 3.63) is 24.5 Å². The van der Waals surface area contributed by atoms with Crippen LogP contribution in [0.15, 0.2) is 24.5 Å². The summed E-state index contributed by atoms with van der Waals surface area (Å²) in [7, 11) is 3.60. The fourth-order valence-electron chi connectivity index (χ4n) is 2.50. The van der Waals surface area contributed by atoms with E-state index in [0.717, 1.165) is 32.5 Å². The van der Waals surface area contributed by atoms with Gasteiger partial charge in [-0.3, -0.25) is 9.78 Å². The van der Waals surface area contributed by atoms with Gasteiger partial charge in [-0.25, -0.2) is 0 Å². The summed E-state index contributed by atoms with van der Waals surface area (Å²) in [6.07, 6.45) is 6.51. The first-order valence-corrected chi connectivity index (χ1v) is 7.25. The Hall–Kier alpha value is -1.62. The average molecular weight is 276 g/mol. The molecule has 1 aromatic rings. The van der Waals surface area contributed by atoms with E-state index in [0.29, 0.717) is 12.5 Å². The van der Waals surface area contributed by atoms with Crippen molar-refractivity contribution in [2.45, 2.75) is 25.3 Å². The fourth-order valence-corrected chi connectivity index (χ4v) is 2.50. The predicted octanol–water partition coefficient (Wildman–Crippen LogP) is 1.12.